The topological polar surface area (TPSA) is 115 Å². The van der Waals surface area contributed by atoms with Gasteiger partial charge in [-0.3, -0.25) is 0 Å². The van der Waals surface area contributed by atoms with Crippen molar-refractivity contribution in [2.45, 2.75) is 38.3 Å². The molecule has 1 aliphatic carbocycles. The number of fused-ring (bicyclic) bond motifs is 1. The van der Waals surface area contributed by atoms with Crippen LogP contribution in [0.4, 0.5) is 17.3 Å². The van der Waals surface area contributed by atoms with Gasteiger partial charge in [0.15, 0.2) is 11.5 Å². The maximum atomic E-state index is 11.7. The van der Waals surface area contributed by atoms with Crippen molar-refractivity contribution in [1.82, 2.24) is 24.7 Å². The van der Waals surface area contributed by atoms with Crippen molar-refractivity contribution in [3.63, 3.8) is 0 Å². The van der Waals surface area contributed by atoms with Crippen molar-refractivity contribution in [3.05, 3.63) is 54.6 Å². The van der Waals surface area contributed by atoms with Gasteiger partial charge in [-0.05, 0) is 35.1 Å². The Morgan fingerprint density at radius 1 is 1.10 bits per heavy atom. The highest BCUT2D eigenvalue weighted by atomic mass is 32.2. The number of rotatable bonds is 9. The van der Waals surface area contributed by atoms with Crippen molar-refractivity contribution < 1.29 is 13.2 Å². The minimum atomic E-state index is -2.98. The molecule has 6 rings (SSSR count). The summed E-state index contributed by atoms with van der Waals surface area (Å²) in [5.41, 5.74) is 2.81. The molecule has 0 spiro atoms. The SMILES string of the molecule is COC1(n2cc(-c3nccc(Nc4cc5c(C(C)C)ccc(N6CC(CS(C)(=O)=O)C6)c5cn4)n3)cn2)CC1. The van der Waals surface area contributed by atoms with Crippen molar-refractivity contribution in [3.8, 4) is 11.4 Å². The van der Waals surface area contributed by atoms with Crippen LogP contribution in [0, 0.1) is 5.92 Å². The Morgan fingerprint density at radius 3 is 2.59 bits per heavy atom. The monoisotopic (exact) mass is 547 g/mol. The molecule has 0 atom stereocenters. The number of benzene rings is 1. The van der Waals surface area contributed by atoms with Gasteiger partial charge in [-0.15, -0.1) is 0 Å². The summed E-state index contributed by atoms with van der Waals surface area (Å²) in [6.07, 6.45) is 10.5. The third-order valence-electron chi connectivity index (χ3n) is 7.60. The van der Waals surface area contributed by atoms with E-state index in [-0.39, 0.29) is 17.4 Å². The number of ether oxygens (including phenoxy) is 1. The van der Waals surface area contributed by atoms with Gasteiger partial charge in [-0.25, -0.2) is 28.1 Å². The van der Waals surface area contributed by atoms with E-state index < -0.39 is 9.84 Å². The zero-order valence-electron chi connectivity index (χ0n) is 22.6. The molecule has 39 heavy (non-hydrogen) atoms. The average Bonchev–Trinajstić information content (AvgIpc) is 3.52. The van der Waals surface area contributed by atoms with Crippen LogP contribution in [0.5, 0.6) is 0 Å². The molecule has 0 amide bonds. The first-order valence-corrected chi connectivity index (χ1v) is 15.3. The van der Waals surface area contributed by atoms with Crippen molar-refractivity contribution >= 4 is 37.9 Å². The van der Waals surface area contributed by atoms with E-state index >= 15 is 0 Å². The first-order valence-electron chi connectivity index (χ1n) is 13.2. The number of pyridine rings is 1. The van der Waals surface area contributed by atoms with E-state index in [1.807, 2.05) is 23.1 Å². The van der Waals surface area contributed by atoms with E-state index in [9.17, 15) is 8.42 Å². The third-order valence-corrected chi connectivity index (χ3v) is 8.67. The van der Waals surface area contributed by atoms with Crippen LogP contribution in [0.15, 0.2) is 49.1 Å². The highest BCUT2D eigenvalue weighted by Crippen LogP contribution is 2.44. The fraction of sp³-hybridized carbons (Fsp3) is 0.429. The largest absolute Gasteiger partial charge is 0.370 e. The minimum absolute atomic E-state index is 0.164. The van der Waals surface area contributed by atoms with Crippen LogP contribution in [0.1, 0.15) is 38.2 Å². The highest BCUT2D eigenvalue weighted by Gasteiger charge is 2.46. The molecule has 204 valence electrons. The lowest BCUT2D eigenvalue weighted by Gasteiger charge is -2.41. The molecule has 0 unspecified atom stereocenters. The predicted octanol–water partition coefficient (Wildman–Crippen LogP) is 4.33. The van der Waals surface area contributed by atoms with Crippen LogP contribution in [0.2, 0.25) is 0 Å². The summed E-state index contributed by atoms with van der Waals surface area (Å²) in [7, 11) is -1.27. The Hall–Kier alpha value is -3.57. The fourth-order valence-electron chi connectivity index (χ4n) is 5.39. The second-order valence-corrected chi connectivity index (χ2v) is 13.2. The molecule has 4 heterocycles. The van der Waals surface area contributed by atoms with Gasteiger partial charge in [0.1, 0.15) is 21.5 Å². The molecule has 1 aromatic carbocycles. The Balaban J connectivity index is 1.26. The third kappa shape index (κ3) is 5.08. The first-order chi connectivity index (χ1) is 18.6. The Morgan fingerprint density at radius 2 is 1.90 bits per heavy atom. The van der Waals surface area contributed by atoms with Crippen LogP contribution in [-0.4, -0.2) is 65.4 Å². The van der Waals surface area contributed by atoms with Crippen LogP contribution >= 0.6 is 0 Å². The number of hydrogen-bond donors (Lipinski definition) is 1. The van der Waals surface area contributed by atoms with Crippen molar-refractivity contribution in [2.75, 3.05) is 42.4 Å². The molecular formula is C28H33N7O3S. The molecule has 0 radical (unpaired) electrons. The van der Waals surface area contributed by atoms with Gasteiger partial charge in [0.05, 0.1) is 17.5 Å². The van der Waals surface area contributed by atoms with Crippen LogP contribution in [0.25, 0.3) is 22.2 Å². The maximum absolute atomic E-state index is 11.7. The van der Waals surface area contributed by atoms with Gasteiger partial charge >= 0.3 is 0 Å². The second kappa shape index (κ2) is 9.56. The normalized spacial score (nSPS) is 17.0. The standard InChI is InChI=1S/C28H33N7O3S/c1-18(2)21-5-6-24(34-14-19(15-34)17-39(4,36)37)23-13-30-26(11-22(21)23)32-25-7-10-29-27(33-25)20-12-31-35(16-20)28(38-3)8-9-28/h5-7,10-13,16,18-19H,8-9,14-15,17H2,1-4H3,(H,29,30,32,33). The predicted molar refractivity (Wildman–Crippen MR) is 152 cm³/mol. The molecule has 2 fully saturated rings. The summed E-state index contributed by atoms with van der Waals surface area (Å²) in [6, 6.07) is 8.19. The number of nitrogens with zero attached hydrogens (tertiary/aromatic N) is 6. The van der Waals surface area contributed by atoms with E-state index in [1.54, 1.807) is 19.5 Å². The van der Waals surface area contributed by atoms with Gasteiger partial charge < -0.3 is 15.0 Å². The fourth-order valence-corrected chi connectivity index (χ4v) is 6.45. The lowest BCUT2D eigenvalue weighted by molar-refractivity contribution is 0.00601. The number of sulfone groups is 1. The van der Waals surface area contributed by atoms with E-state index in [1.165, 1.54) is 11.8 Å². The summed E-state index contributed by atoms with van der Waals surface area (Å²) in [5, 5.41) is 10.0. The second-order valence-electron chi connectivity index (χ2n) is 11.0. The summed E-state index contributed by atoms with van der Waals surface area (Å²) in [5.74, 6) is 2.63. The number of hydrogen-bond acceptors (Lipinski definition) is 9. The van der Waals surface area contributed by atoms with E-state index in [2.05, 4.69) is 52.3 Å². The number of aromatic nitrogens is 5. The quantitative estimate of drug-likeness (QED) is 0.327. The van der Waals surface area contributed by atoms with E-state index in [0.717, 1.165) is 48.0 Å². The molecule has 1 N–H and O–H groups in total. The van der Waals surface area contributed by atoms with Crippen LogP contribution < -0.4 is 10.2 Å². The molecule has 1 saturated heterocycles. The van der Waals surface area contributed by atoms with Gasteiger partial charge in [-0.2, -0.15) is 5.10 Å². The van der Waals surface area contributed by atoms with Crippen LogP contribution in [0.3, 0.4) is 0 Å². The molecule has 11 heteroatoms. The van der Waals surface area contributed by atoms with E-state index in [4.69, 9.17) is 14.7 Å². The maximum Gasteiger partial charge on any atom is 0.164 e. The van der Waals surface area contributed by atoms with Gasteiger partial charge in [0.2, 0.25) is 0 Å². The summed E-state index contributed by atoms with van der Waals surface area (Å²) in [4.78, 5) is 16.1. The summed E-state index contributed by atoms with van der Waals surface area (Å²) >= 11 is 0. The minimum Gasteiger partial charge on any atom is -0.370 e. The summed E-state index contributed by atoms with van der Waals surface area (Å²) < 4.78 is 30.9. The lowest BCUT2D eigenvalue weighted by Crippen LogP contribution is -2.49. The smallest absolute Gasteiger partial charge is 0.164 e. The number of anilines is 3. The first kappa shape index (κ1) is 25.7. The van der Waals surface area contributed by atoms with Gasteiger partial charge in [0, 0.05) is 74.9 Å². The molecule has 3 aromatic heterocycles. The lowest BCUT2D eigenvalue weighted by atomic mass is 9.93. The molecular weight excluding hydrogens is 514 g/mol. The molecule has 2 aliphatic rings. The number of nitrogens with one attached hydrogen (secondary N) is 1. The highest BCUT2D eigenvalue weighted by molar-refractivity contribution is 7.90. The average molecular weight is 548 g/mol. The van der Waals surface area contributed by atoms with Crippen molar-refractivity contribution in [1.29, 1.82) is 0 Å². The van der Waals surface area contributed by atoms with Gasteiger partial charge in [-0.1, -0.05) is 19.9 Å². The van der Waals surface area contributed by atoms with Crippen LogP contribution in [-0.2, 0) is 20.3 Å². The molecule has 1 aliphatic heterocycles. The Kier molecular flexibility index (Phi) is 6.30. The number of methoxy groups -OCH3 is 1. The molecule has 4 aromatic rings. The van der Waals surface area contributed by atoms with E-state index in [0.29, 0.717) is 23.4 Å². The zero-order chi connectivity index (χ0) is 27.4. The molecule has 10 nitrogen and oxygen atoms in total. The molecule has 0 bridgehead atoms. The van der Waals surface area contributed by atoms with Crippen molar-refractivity contribution in [2.24, 2.45) is 5.92 Å². The molecule has 1 saturated carbocycles. The Labute approximate surface area is 228 Å². The Bertz CT molecular complexity index is 1640. The van der Waals surface area contributed by atoms with Gasteiger partial charge in [0.25, 0.3) is 0 Å². The summed E-state index contributed by atoms with van der Waals surface area (Å²) in [6.45, 7) is 5.82. The zero-order valence-corrected chi connectivity index (χ0v) is 23.4.